The first-order valence-electron chi connectivity index (χ1n) is 7.55. The van der Waals surface area contributed by atoms with Crippen LogP contribution in [0.25, 0.3) is 0 Å². The first-order chi connectivity index (χ1) is 9.84. The average Bonchev–Trinajstić information content (AvgIpc) is 2.45. The molecule has 114 valence electrons. The van der Waals surface area contributed by atoms with Crippen LogP contribution in [0, 0.1) is 11.3 Å². The van der Waals surface area contributed by atoms with Crippen molar-refractivity contribution < 1.29 is 4.79 Å². The van der Waals surface area contributed by atoms with Gasteiger partial charge in [0.05, 0.1) is 6.04 Å². The highest BCUT2D eigenvalue weighted by Gasteiger charge is 2.40. The minimum Gasteiger partial charge on any atom is -0.349 e. The summed E-state index contributed by atoms with van der Waals surface area (Å²) < 4.78 is 1.19. The molecule has 1 aliphatic rings. The summed E-state index contributed by atoms with van der Waals surface area (Å²) in [7, 11) is 0. The summed E-state index contributed by atoms with van der Waals surface area (Å²) in [6, 6.07) is 10.2. The molecule has 1 amide bonds. The molecular weight excluding hydrogens is 326 g/mol. The maximum atomic E-state index is 12.7. The van der Waals surface area contributed by atoms with Crippen molar-refractivity contribution in [3.8, 4) is 0 Å². The van der Waals surface area contributed by atoms with Gasteiger partial charge in [0.15, 0.2) is 0 Å². The summed E-state index contributed by atoms with van der Waals surface area (Å²) >= 11 is 3.69. The van der Waals surface area contributed by atoms with Crippen molar-refractivity contribution in [2.45, 2.75) is 46.6 Å². The SMILES string of the molecule is CC1=C(Br)C(C)(C)C(C(=O)NC(C)c2ccccc2)CC1. The minimum atomic E-state index is -0.136. The van der Waals surface area contributed by atoms with Gasteiger partial charge in [-0.25, -0.2) is 0 Å². The molecule has 21 heavy (non-hydrogen) atoms. The third kappa shape index (κ3) is 3.39. The van der Waals surface area contributed by atoms with Crippen LogP contribution in [0.2, 0.25) is 0 Å². The van der Waals surface area contributed by atoms with E-state index >= 15 is 0 Å². The van der Waals surface area contributed by atoms with Crippen LogP contribution in [-0.4, -0.2) is 5.91 Å². The average molecular weight is 350 g/mol. The number of hydrogen-bond acceptors (Lipinski definition) is 1. The number of nitrogens with one attached hydrogen (secondary N) is 1. The van der Waals surface area contributed by atoms with Gasteiger partial charge in [0.1, 0.15) is 0 Å². The van der Waals surface area contributed by atoms with Gasteiger partial charge in [0.25, 0.3) is 0 Å². The first-order valence-corrected chi connectivity index (χ1v) is 8.34. The van der Waals surface area contributed by atoms with Gasteiger partial charge in [-0.3, -0.25) is 4.79 Å². The van der Waals surface area contributed by atoms with Crippen molar-refractivity contribution in [2.24, 2.45) is 11.3 Å². The molecule has 0 heterocycles. The molecule has 2 unspecified atom stereocenters. The highest BCUT2D eigenvalue weighted by molar-refractivity contribution is 9.11. The molecule has 0 aliphatic heterocycles. The van der Waals surface area contributed by atoms with Gasteiger partial charge in [-0.1, -0.05) is 65.7 Å². The molecule has 0 spiro atoms. The molecule has 0 saturated heterocycles. The van der Waals surface area contributed by atoms with Crippen LogP contribution in [0.1, 0.15) is 52.1 Å². The normalized spacial score (nSPS) is 22.8. The fraction of sp³-hybridized carbons (Fsp3) is 0.500. The predicted octanol–water partition coefficient (Wildman–Crippen LogP) is 4.97. The smallest absolute Gasteiger partial charge is 0.224 e. The minimum absolute atomic E-state index is 0.0155. The molecule has 1 aliphatic carbocycles. The van der Waals surface area contributed by atoms with Crippen LogP contribution < -0.4 is 5.32 Å². The van der Waals surface area contributed by atoms with E-state index in [2.05, 4.69) is 54.2 Å². The van der Waals surface area contributed by atoms with E-state index in [1.54, 1.807) is 0 Å². The van der Waals surface area contributed by atoms with Gasteiger partial charge in [-0.2, -0.15) is 0 Å². The summed E-state index contributed by atoms with van der Waals surface area (Å²) in [5.74, 6) is 0.169. The topological polar surface area (TPSA) is 29.1 Å². The second-order valence-electron chi connectivity index (χ2n) is 6.55. The number of amides is 1. The van der Waals surface area contributed by atoms with Crippen molar-refractivity contribution in [3.05, 3.63) is 46.0 Å². The van der Waals surface area contributed by atoms with Gasteiger partial charge in [0.2, 0.25) is 5.91 Å². The lowest BCUT2D eigenvalue weighted by Gasteiger charge is -2.39. The Morgan fingerprint density at radius 2 is 1.95 bits per heavy atom. The highest BCUT2D eigenvalue weighted by Crippen LogP contribution is 2.47. The maximum Gasteiger partial charge on any atom is 0.224 e. The van der Waals surface area contributed by atoms with Crippen molar-refractivity contribution in [2.75, 3.05) is 0 Å². The monoisotopic (exact) mass is 349 g/mol. The second-order valence-corrected chi connectivity index (χ2v) is 7.34. The number of carbonyl (C=O) groups is 1. The fourth-order valence-electron chi connectivity index (χ4n) is 3.13. The third-order valence-corrected chi connectivity index (χ3v) is 6.29. The van der Waals surface area contributed by atoms with Crippen molar-refractivity contribution in [1.29, 1.82) is 0 Å². The fourth-order valence-corrected chi connectivity index (χ4v) is 3.61. The lowest BCUT2D eigenvalue weighted by Crippen LogP contribution is -2.42. The van der Waals surface area contributed by atoms with E-state index in [0.29, 0.717) is 0 Å². The van der Waals surface area contributed by atoms with Gasteiger partial charge in [-0.15, -0.1) is 0 Å². The predicted molar refractivity (Wildman–Crippen MR) is 91.1 cm³/mol. The van der Waals surface area contributed by atoms with Crippen molar-refractivity contribution >= 4 is 21.8 Å². The number of hydrogen-bond donors (Lipinski definition) is 1. The summed E-state index contributed by atoms with van der Waals surface area (Å²) in [6.07, 6.45) is 1.91. The standard InChI is InChI=1S/C18H24BrNO/c1-12-10-11-15(18(3,4)16(12)19)17(21)20-13(2)14-8-6-5-7-9-14/h5-9,13,15H,10-11H2,1-4H3,(H,20,21). The van der Waals surface area contributed by atoms with E-state index in [1.807, 2.05) is 25.1 Å². The van der Waals surface area contributed by atoms with Crippen molar-refractivity contribution in [1.82, 2.24) is 5.32 Å². The van der Waals surface area contributed by atoms with Gasteiger partial charge in [0, 0.05) is 15.8 Å². The molecule has 0 bridgehead atoms. The number of benzene rings is 1. The Hall–Kier alpha value is -1.09. The van der Waals surface area contributed by atoms with Crippen LogP contribution in [0.15, 0.2) is 40.4 Å². The Bertz CT molecular complexity index is 548. The van der Waals surface area contributed by atoms with E-state index in [-0.39, 0.29) is 23.3 Å². The molecule has 0 fully saturated rings. The summed E-state index contributed by atoms with van der Waals surface area (Å²) in [5.41, 5.74) is 2.37. The zero-order chi connectivity index (χ0) is 15.6. The number of rotatable bonds is 3. The number of carbonyl (C=O) groups excluding carboxylic acids is 1. The quantitative estimate of drug-likeness (QED) is 0.819. The number of allylic oxidation sites excluding steroid dienone is 2. The van der Waals surface area contributed by atoms with Crippen LogP contribution >= 0.6 is 15.9 Å². The molecular formula is C18H24BrNO. The zero-order valence-corrected chi connectivity index (χ0v) is 14.8. The number of halogens is 1. The van der Waals surface area contributed by atoms with Crippen LogP contribution in [0.5, 0.6) is 0 Å². The van der Waals surface area contributed by atoms with Crippen molar-refractivity contribution in [3.63, 3.8) is 0 Å². The summed E-state index contributed by atoms with van der Waals surface area (Å²) in [4.78, 5) is 12.7. The van der Waals surface area contributed by atoms with E-state index in [1.165, 1.54) is 10.1 Å². The maximum absolute atomic E-state index is 12.7. The molecule has 0 aromatic heterocycles. The Labute approximate surface area is 136 Å². The van der Waals surface area contributed by atoms with E-state index in [9.17, 15) is 4.79 Å². The Kier molecular flexibility index (Phi) is 4.92. The van der Waals surface area contributed by atoms with Gasteiger partial charge < -0.3 is 5.32 Å². The van der Waals surface area contributed by atoms with E-state index < -0.39 is 0 Å². The largest absolute Gasteiger partial charge is 0.349 e. The molecule has 3 heteroatoms. The first kappa shape index (κ1) is 16.3. The second kappa shape index (κ2) is 6.35. The lowest BCUT2D eigenvalue weighted by atomic mass is 9.70. The van der Waals surface area contributed by atoms with E-state index in [4.69, 9.17) is 0 Å². The molecule has 1 N–H and O–H groups in total. The highest BCUT2D eigenvalue weighted by atomic mass is 79.9. The zero-order valence-electron chi connectivity index (χ0n) is 13.2. The molecule has 0 saturated carbocycles. The van der Waals surface area contributed by atoms with Gasteiger partial charge in [-0.05, 0) is 32.3 Å². The Balaban J connectivity index is 2.11. The van der Waals surface area contributed by atoms with Crippen LogP contribution in [0.4, 0.5) is 0 Å². The molecule has 2 nitrogen and oxygen atoms in total. The van der Waals surface area contributed by atoms with Crippen LogP contribution in [0.3, 0.4) is 0 Å². The molecule has 1 aromatic carbocycles. The van der Waals surface area contributed by atoms with Crippen LogP contribution in [-0.2, 0) is 4.79 Å². The Morgan fingerprint density at radius 1 is 1.33 bits per heavy atom. The third-order valence-electron chi connectivity index (χ3n) is 4.59. The van der Waals surface area contributed by atoms with E-state index in [0.717, 1.165) is 18.4 Å². The lowest BCUT2D eigenvalue weighted by molar-refractivity contribution is -0.128. The molecule has 2 rings (SSSR count). The molecule has 1 aromatic rings. The van der Waals surface area contributed by atoms with Gasteiger partial charge >= 0.3 is 0 Å². The molecule has 0 radical (unpaired) electrons. The molecule has 2 atom stereocenters. The Morgan fingerprint density at radius 3 is 2.57 bits per heavy atom. The summed E-state index contributed by atoms with van der Waals surface area (Å²) in [6.45, 7) is 8.49. The summed E-state index contributed by atoms with van der Waals surface area (Å²) in [5, 5.41) is 3.17.